The first kappa shape index (κ1) is 28.2. The number of rotatable bonds is 2. The maximum absolute atomic E-state index is 13.1. The van der Waals surface area contributed by atoms with Gasteiger partial charge in [-0.1, -0.05) is 44.6 Å². The number of Topliss-reactive ketones (excluding diaryl/α,β-unsaturated/α-hetero) is 1. The first-order chi connectivity index (χ1) is 15.8. The molecule has 2 N–H and O–H groups in total. The number of esters is 1. The van der Waals surface area contributed by atoms with Gasteiger partial charge in [-0.05, 0) is 68.7 Å². The van der Waals surface area contributed by atoms with Crippen molar-refractivity contribution in [3.63, 3.8) is 0 Å². The van der Waals surface area contributed by atoms with Crippen LogP contribution in [0, 0.1) is 18.3 Å². The van der Waals surface area contributed by atoms with E-state index in [0.717, 1.165) is 35.1 Å². The number of carbonyl (C=O) groups is 2. The van der Waals surface area contributed by atoms with E-state index in [9.17, 15) is 19.8 Å². The molecule has 0 saturated carbocycles. The van der Waals surface area contributed by atoms with Crippen molar-refractivity contribution in [2.24, 2.45) is 11.3 Å². The maximum Gasteiger partial charge on any atom is 0.309 e. The maximum atomic E-state index is 13.1. The zero-order valence-electron chi connectivity index (χ0n) is 21.6. The third kappa shape index (κ3) is 7.49. The Labute approximate surface area is 208 Å². The van der Waals surface area contributed by atoms with Gasteiger partial charge in [0.1, 0.15) is 11.9 Å². The Kier molecular flexibility index (Phi) is 10.0. The SMILES string of the molecule is C/C1=C/C[C@H](/C(C)=C/c2csc(C)c2)OC(=O)C[C@H](O)C(C)(C)C(=O)[C@H](C)[C@@H](O)/C(C)=C/CC1. The number of allylic oxidation sites excluding steroid dienone is 2. The van der Waals surface area contributed by atoms with Gasteiger partial charge in [0.2, 0.25) is 0 Å². The molecule has 0 amide bonds. The lowest BCUT2D eigenvalue weighted by molar-refractivity contribution is -0.153. The predicted octanol–water partition coefficient (Wildman–Crippen LogP) is 5.79. The molecule has 0 aromatic carbocycles. The van der Waals surface area contributed by atoms with Crippen molar-refractivity contribution in [2.75, 3.05) is 0 Å². The van der Waals surface area contributed by atoms with Crippen molar-refractivity contribution in [1.82, 2.24) is 0 Å². The highest BCUT2D eigenvalue weighted by atomic mass is 32.1. The average molecular weight is 489 g/mol. The molecule has 0 unspecified atom stereocenters. The van der Waals surface area contributed by atoms with Crippen LogP contribution in [0.4, 0.5) is 0 Å². The fourth-order valence-electron chi connectivity index (χ4n) is 4.19. The van der Waals surface area contributed by atoms with Crippen molar-refractivity contribution < 1.29 is 24.5 Å². The van der Waals surface area contributed by atoms with Crippen molar-refractivity contribution in [3.05, 3.63) is 50.8 Å². The van der Waals surface area contributed by atoms with Crippen LogP contribution in [0.5, 0.6) is 0 Å². The molecule has 5 nitrogen and oxygen atoms in total. The lowest BCUT2D eigenvalue weighted by Crippen LogP contribution is -2.44. The number of carbonyl (C=O) groups excluding carboxylic acids is 2. The molecule has 4 atom stereocenters. The van der Waals surface area contributed by atoms with Gasteiger partial charge < -0.3 is 14.9 Å². The molecule has 0 radical (unpaired) electrons. The molecule has 2 rings (SSSR count). The van der Waals surface area contributed by atoms with E-state index in [1.165, 1.54) is 4.88 Å². The van der Waals surface area contributed by atoms with Gasteiger partial charge in [0, 0.05) is 17.2 Å². The minimum Gasteiger partial charge on any atom is -0.457 e. The van der Waals surface area contributed by atoms with E-state index in [1.807, 2.05) is 32.9 Å². The summed E-state index contributed by atoms with van der Waals surface area (Å²) in [6.07, 6.45) is 5.28. The Morgan fingerprint density at radius 1 is 1.18 bits per heavy atom. The third-order valence-corrected chi connectivity index (χ3v) is 7.67. The van der Waals surface area contributed by atoms with Crippen molar-refractivity contribution in [2.45, 2.75) is 92.5 Å². The molecule has 1 aliphatic heterocycles. The molecule has 0 bridgehead atoms. The van der Waals surface area contributed by atoms with E-state index >= 15 is 0 Å². The highest BCUT2D eigenvalue weighted by Crippen LogP contribution is 2.31. The standard InChI is InChI=1S/C28H40O5S/c1-17-9-8-10-18(2)26(31)21(5)27(32)28(6,7)24(29)15-25(30)33-23(12-11-17)19(3)13-22-14-20(4)34-16-22/h10-11,13-14,16,21,23-24,26,29,31H,8-9,12,15H2,1-7H3/b17-11-,18-10+,19-13+/t21-,23-,24+,26+/m1/s1. The van der Waals surface area contributed by atoms with E-state index in [-0.39, 0.29) is 12.2 Å². The lowest BCUT2D eigenvalue weighted by Gasteiger charge is -2.33. The molecule has 0 spiro atoms. The second kappa shape index (κ2) is 12.1. The van der Waals surface area contributed by atoms with Crippen molar-refractivity contribution >= 4 is 29.2 Å². The number of aliphatic hydroxyl groups excluding tert-OH is 2. The summed E-state index contributed by atoms with van der Waals surface area (Å²) in [5.74, 6) is -1.53. The molecule has 1 aliphatic rings. The summed E-state index contributed by atoms with van der Waals surface area (Å²) in [7, 11) is 0. The van der Waals surface area contributed by atoms with Gasteiger partial charge in [0.05, 0.1) is 24.0 Å². The van der Waals surface area contributed by atoms with Crippen molar-refractivity contribution in [3.8, 4) is 0 Å². The van der Waals surface area contributed by atoms with Crippen LogP contribution in [-0.4, -0.2) is 40.3 Å². The molecule has 34 heavy (non-hydrogen) atoms. The number of thiophene rings is 1. The van der Waals surface area contributed by atoms with Gasteiger partial charge in [0.15, 0.2) is 0 Å². The molecular weight excluding hydrogens is 448 g/mol. The fourth-order valence-corrected chi connectivity index (χ4v) is 4.85. The minimum atomic E-state index is -1.22. The molecule has 1 aromatic rings. The second-order valence-corrected chi connectivity index (χ2v) is 11.3. The van der Waals surface area contributed by atoms with E-state index < -0.39 is 35.6 Å². The number of ketones is 1. The molecule has 188 valence electrons. The predicted molar refractivity (Wildman–Crippen MR) is 139 cm³/mol. The monoisotopic (exact) mass is 488 g/mol. The second-order valence-electron chi connectivity index (χ2n) is 10.2. The highest BCUT2D eigenvalue weighted by Gasteiger charge is 2.41. The van der Waals surface area contributed by atoms with Gasteiger partial charge in [-0.15, -0.1) is 11.3 Å². The zero-order valence-corrected chi connectivity index (χ0v) is 22.4. The average Bonchev–Trinajstić information content (AvgIpc) is 3.18. The smallest absolute Gasteiger partial charge is 0.309 e. The Balaban J connectivity index is 2.37. The summed E-state index contributed by atoms with van der Waals surface area (Å²) in [5.41, 5.74) is 2.70. The Morgan fingerprint density at radius 2 is 1.85 bits per heavy atom. The van der Waals surface area contributed by atoms with Gasteiger partial charge in [-0.3, -0.25) is 9.59 Å². The zero-order chi connectivity index (χ0) is 25.6. The van der Waals surface area contributed by atoms with Crippen LogP contribution in [0.3, 0.4) is 0 Å². The molecule has 2 heterocycles. The Morgan fingerprint density at radius 3 is 2.47 bits per heavy atom. The Hall–Kier alpha value is -2.02. The summed E-state index contributed by atoms with van der Waals surface area (Å²) in [6.45, 7) is 12.8. The van der Waals surface area contributed by atoms with Crippen LogP contribution < -0.4 is 0 Å². The van der Waals surface area contributed by atoms with Crippen LogP contribution in [0.15, 0.2) is 40.3 Å². The molecular formula is C28H40O5S. The summed E-state index contributed by atoms with van der Waals surface area (Å²) >= 11 is 1.67. The number of aryl methyl sites for hydroxylation is 1. The summed E-state index contributed by atoms with van der Waals surface area (Å²) in [6, 6.07) is 2.09. The first-order valence-corrected chi connectivity index (χ1v) is 12.9. The quantitative estimate of drug-likeness (QED) is 0.406. The van der Waals surface area contributed by atoms with Crippen molar-refractivity contribution in [1.29, 1.82) is 0 Å². The molecule has 0 saturated heterocycles. The lowest BCUT2D eigenvalue weighted by atomic mass is 9.74. The number of aliphatic hydroxyl groups is 2. The molecule has 1 aromatic heterocycles. The van der Waals surface area contributed by atoms with Crippen LogP contribution in [-0.2, 0) is 14.3 Å². The third-order valence-electron chi connectivity index (χ3n) is 6.79. The number of cyclic esters (lactones) is 1. The topological polar surface area (TPSA) is 83.8 Å². The molecule has 6 heteroatoms. The minimum absolute atomic E-state index is 0.281. The van der Waals surface area contributed by atoms with E-state index in [0.29, 0.717) is 6.42 Å². The van der Waals surface area contributed by atoms with Crippen LogP contribution in [0.25, 0.3) is 6.08 Å². The largest absolute Gasteiger partial charge is 0.457 e. The van der Waals surface area contributed by atoms with Gasteiger partial charge in [-0.2, -0.15) is 0 Å². The van der Waals surface area contributed by atoms with Crippen LogP contribution >= 0.6 is 11.3 Å². The number of ether oxygens (including phenoxy) is 1. The fraction of sp³-hybridized carbons (Fsp3) is 0.571. The normalized spacial score (nSPS) is 31.3. The first-order valence-electron chi connectivity index (χ1n) is 12.0. The van der Waals surface area contributed by atoms with Crippen LogP contribution in [0.1, 0.15) is 77.7 Å². The summed E-state index contributed by atoms with van der Waals surface area (Å²) in [5, 5.41) is 23.6. The van der Waals surface area contributed by atoms with Gasteiger partial charge >= 0.3 is 5.97 Å². The van der Waals surface area contributed by atoms with E-state index in [1.54, 1.807) is 32.1 Å². The highest BCUT2D eigenvalue weighted by molar-refractivity contribution is 7.10. The van der Waals surface area contributed by atoms with Gasteiger partial charge in [-0.25, -0.2) is 0 Å². The molecule has 0 aliphatic carbocycles. The van der Waals surface area contributed by atoms with Crippen LogP contribution in [0.2, 0.25) is 0 Å². The van der Waals surface area contributed by atoms with E-state index in [4.69, 9.17) is 4.74 Å². The Bertz CT molecular complexity index is 965. The number of hydrogen-bond donors (Lipinski definition) is 2. The summed E-state index contributed by atoms with van der Waals surface area (Å²) in [4.78, 5) is 27.2. The molecule has 0 fully saturated rings. The van der Waals surface area contributed by atoms with E-state index in [2.05, 4.69) is 24.4 Å². The number of hydrogen-bond acceptors (Lipinski definition) is 6. The summed E-state index contributed by atoms with van der Waals surface area (Å²) < 4.78 is 5.82. The van der Waals surface area contributed by atoms with Gasteiger partial charge in [0.25, 0.3) is 0 Å².